The summed E-state index contributed by atoms with van der Waals surface area (Å²) in [4.78, 5) is 0. The van der Waals surface area contributed by atoms with Gasteiger partial charge in [0.25, 0.3) is 0 Å². The minimum Gasteiger partial charge on any atom is -0.384 e. The lowest BCUT2D eigenvalue weighted by molar-refractivity contribution is -0.209. The van der Waals surface area contributed by atoms with Crippen molar-refractivity contribution in [3.63, 3.8) is 0 Å². The molecule has 0 aromatic heterocycles. The molecule has 0 radical (unpaired) electrons. The predicted octanol–water partition coefficient (Wildman–Crippen LogP) is 2.92. The molecule has 1 rings (SSSR count). The molecule has 0 saturated heterocycles. The Morgan fingerprint density at radius 1 is 1.39 bits per heavy atom. The van der Waals surface area contributed by atoms with Crippen molar-refractivity contribution >= 4 is 22.6 Å². The molecular weight excluding hydrogens is 365 g/mol. The molecule has 1 aromatic carbocycles. The Hall–Kier alpha value is -0.410. The summed E-state index contributed by atoms with van der Waals surface area (Å²) in [5.74, 6) is -0.685. The number of rotatable bonds is 3. The Labute approximate surface area is 115 Å². The van der Waals surface area contributed by atoms with Crippen molar-refractivity contribution in [2.75, 3.05) is 0 Å². The molecule has 0 aliphatic rings. The molecule has 7 heteroatoms. The first-order valence-corrected chi connectivity index (χ1v) is 6.11. The van der Waals surface area contributed by atoms with Gasteiger partial charge in [-0.15, -0.1) is 0 Å². The first-order chi connectivity index (χ1) is 8.04. The Kier molecular flexibility index (Phi) is 4.60. The highest BCUT2D eigenvalue weighted by molar-refractivity contribution is 14.1. The number of halogens is 5. The summed E-state index contributed by atoms with van der Waals surface area (Å²) in [6.45, 7) is 1.26. The molecular formula is C11H12F4INO. The summed E-state index contributed by atoms with van der Waals surface area (Å²) in [6, 6.07) is 4.00. The zero-order chi connectivity index (χ0) is 14.1. The van der Waals surface area contributed by atoms with Crippen molar-refractivity contribution in [2.24, 2.45) is 5.73 Å². The Balaban J connectivity index is 3.02. The summed E-state index contributed by atoms with van der Waals surface area (Å²) in [5.41, 5.74) is 4.06. The zero-order valence-electron chi connectivity index (χ0n) is 9.43. The van der Waals surface area contributed by atoms with Crippen LogP contribution >= 0.6 is 22.6 Å². The minimum atomic E-state index is -4.76. The van der Waals surface area contributed by atoms with E-state index >= 15 is 0 Å². The van der Waals surface area contributed by atoms with Crippen LogP contribution in [0.4, 0.5) is 17.6 Å². The molecule has 0 saturated carbocycles. The number of aliphatic hydroxyl groups is 1. The highest BCUT2D eigenvalue weighted by Crippen LogP contribution is 2.32. The van der Waals surface area contributed by atoms with Crippen LogP contribution in [0.3, 0.4) is 0 Å². The normalized spacial score (nSPS) is 17.3. The lowest BCUT2D eigenvalue weighted by Crippen LogP contribution is -2.42. The molecule has 0 fully saturated rings. The Morgan fingerprint density at radius 2 is 1.94 bits per heavy atom. The van der Waals surface area contributed by atoms with Crippen LogP contribution in [0.5, 0.6) is 0 Å². The van der Waals surface area contributed by atoms with Gasteiger partial charge in [-0.3, -0.25) is 0 Å². The predicted molar refractivity (Wildman–Crippen MR) is 67.3 cm³/mol. The SMILES string of the molecule is C[C@](N)(C[C@H](O)C(F)(F)F)c1cc(I)ccc1F. The maximum atomic E-state index is 13.6. The molecule has 0 unspecified atom stereocenters. The number of hydrogen-bond donors (Lipinski definition) is 2. The lowest BCUT2D eigenvalue weighted by atomic mass is 9.87. The van der Waals surface area contributed by atoms with Crippen molar-refractivity contribution in [1.82, 2.24) is 0 Å². The summed E-state index contributed by atoms with van der Waals surface area (Å²) in [6.07, 6.45) is -8.14. The second kappa shape index (κ2) is 5.30. The van der Waals surface area contributed by atoms with Gasteiger partial charge in [-0.05, 0) is 47.7 Å². The molecule has 0 spiro atoms. The third-order valence-corrected chi connectivity index (χ3v) is 3.21. The Morgan fingerprint density at radius 3 is 2.44 bits per heavy atom. The van der Waals surface area contributed by atoms with Gasteiger partial charge in [0.1, 0.15) is 5.82 Å². The number of alkyl halides is 3. The number of hydrogen-bond acceptors (Lipinski definition) is 2. The summed E-state index contributed by atoms with van der Waals surface area (Å²) < 4.78 is 51.0. The minimum absolute atomic E-state index is 0.0438. The van der Waals surface area contributed by atoms with Gasteiger partial charge in [-0.25, -0.2) is 4.39 Å². The van der Waals surface area contributed by atoms with Gasteiger partial charge in [0, 0.05) is 21.1 Å². The summed E-state index contributed by atoms with van der Waals surface area (Å²) in [5, 5.41) is 9.01. The van der Waals surface area contributed by atoms with Gasteiger partial charge in [-0.1, -0.05) is 0 Å². The van der Waals surface area contributed by atoms with E-state index in [0.29, 0.717) is 3.57 Å². The van der Waals surface area contributed by atoms with Gasteiger partial charge >= 0.3 is 6.18 Å². The molecule has 0 bridgehead atoms. The number of nitrogens with two attached hydrogens (primary N) is 1. The van der Waals surface area contributed by atoms with Crippen LogP contribution in [-0.2, 0) is 5.54 Å². The maximum absolute atomic E-state index is 13.6. The average molecular weight is 377 g/mol. The van der Waals surface area contributed by atoms with Gasteiger partial charge in [0.05, 0.1) is 0 Å². The second-order valence-corrected chi connectivity index (χ2v) is 5.55. The molecule has 0 aliphatic carbocycles. The first kappa shape index (κ1) is 15.6. The topological polar surface area (TPSA) is 46.2 Å². The van der Waals surface area contributed by atoms with E-state index < -0.39 is 30.1 Å². The highest BCUT2D eigenvalue weighted by atomic mass is 127. The first-order valence-electron chi connectivity index (χ1n) is 5.03. The van der Waals surface area contributed by atoms with E-state index in [2.05, 4.69) is 0 Å². The van der Waals surface area contributed by atoms with Crippen LogP contribution in [0.1, 0.15) is 18.9 Å². The summed E-state index contributed by atoms with van der Waals surface area (Å²) in [7, 11) is 0. The molecule has 0 heterocycles. The number of benzene rings is 1. The Bertz CT molecular complexity index is 434. The van der Waals surface area contributed by atoms with Crippen molar-refractivity contribution < 1.29 is 22.7 Å². The van der Waals surface area contributed by atoms with Crippen molar-refractivity contribution in [2.45, 2.75) is 31.2 Å². The third kappa shape index (κ3) is 3.79. The standard InChI is InChI=1S/C11H12F4INO/c1-10(17,5-9(18)11(13,14)15)7-4-6(16)2-3-8(7)12/h2-4,9,18H,5,17H2,1H3/t9-,10-/m0/s1. The molecule has 0 aliphatic heterocycles. The van der Waals surface area contributed by atoms with Crippen molar-refractivity contribution in [3.8, 4) is 0 Å². The van der Waals surface area contributed by atoms with Gasteiger partial charge in [0.2, 0.25) is 0 Å². The van der Waals surface area contributed by atoms with Gasteiger partial charge < -0.3 is 10.8 Å². The fourth-order valence-electron chi connectivity index (χ4n) is 1.56. The van der Waals surface area contributed by atoms with Crippen LogP contribution in [0, 0.1) is 9.39 Å². The molecule has 2 nitrogen and oxygen atoms in total. The molecule has 102 valence electrons. The van der Waals surface area contributed by atoms with E-state index in [9.17, 15) is 17.6 Å². The fourth-order valence-corrected chi connectivity index (χ4v) is 2.05. The highest BCUT2D eigenvalue weighted by Gasteiger charge is 2.42. The molecule has 2 atom stereocenters. The van der Waals surface area contributed by atoms with Gasteiger partial charge in [-0.2, -0.15) is 13.2 Å². The third-order valence-electron chi connectivity index (χ3n) is 2.54. The van der Waals surface area contributed by atoms with E-state index in [1.165, 1.54) is 19.1 Å². The van der Waals surface area contributed by atoms with E-state index in [-0.39, 0.29) is 5.56 Å². The van der Waals surface area contributed by atoms with E-state index in [1.54, 1.807) is 0 Å². The van der Waals surface area contributed by atoms with Crippen LogP contribution < -0.4 is 5.73 Å². The molecule has 1 aromatic rings. The van der Waals surface area contributed by atoms with Crippen LogP contribution in [0.2, 0.25) is 0 Å². The fraction of sp³-hybridized carbons (Fsp3) is 0.455. The van der Waals surface area contributed by atoms with Crippen LogP contribution in [0.25, 0.3) is 0 Å². The average Bonchev–Trinajstić information content (AvgIpc) is 2.19. The number of aliphatic hydroxyl groups excluding tert-OH is 1. The summed E-state index contributed by atoms with van der Waals surface area (Å²) >= 11 is 1.91. The molecule has 0 amide bonds. The second-order valence-electron chi connectivity index (χ2n) is 4.30. The smallest absolute Gasteiger partial charge is 0.384 e. The molecule has 18 heavy (non-hydrogen) atoms. The van der Waals surface area contributed by atoms with Crippen LogP contribution in [-0.4, -0.2) is 17.4 Å². The maximum Gasteiger partial charge on any atom is 0.414 e. The zero-order valence-corrected chi connectivity index (χ0v) is 11.6. The van der Waals surface area contributed by atoms with E-state index in [0.717, 1.165) is 6.07 Å². The van der Waals surface area contributed by atoms with Crippen molar-refractivity contribution in [3.05, 3.63) is 33.1 Å². The monoisotopic (exact) mass is 377 g/mol. The largest absolute Gasteiger partial charge is 0.414 e. The quantitative estimate of drug-likeness (QED) is 0.629. The van der Waals surface area contributed by atoms with E-state index in [1.807, 2.05) is 22.6 Å². The van der Waals surface area contributed by atoms with Crippen LogP contribution in [0.15, 0.2) is 18.2 Å². The molecule has 3 N–H and O–H groups in total. The van der Waals surface area contributed by atoms with Gasteiger partial charge in [0.15, 0.2) is 6.10 Å². The van der Waals surface area contributed by atoms with Crippen molar-refractivity contribution in [1.29, 1.82) is 0 Å². The lowest BCUT2D eigenvalue weighted by Gasteiger charge is -2.29. The van der Waals surface area contributed by atoms with E-state index in [4.69, 9.17) is 10.8 Å².